The summed E-state index contributed by atoms with van der Waals surface area (Å²) in [6.07, 6.45) is 3.70. The lowest BCUT2D eigenvalue weighted by Gasteiger charge is -2.31. The molecule has 1 heterocycles. The van der Waals surface area contributed by atoms with E-state index >= 15 is 0 Å². The first-order valence-electron chi connectivity index (χ1n) is 11.3. The summed E-state index contributed by atoms with van der Waals surface area (Å²) < 4.78 is 10.8. The van der Waals surface area contributed by atoms with E-state index in [1.807, 2.05) is 43.3 Å². The average Bonchev–Trinajstić information content (AvgIpc) is 2.86. The van der Waals surface area contributed by atoms with Crippen molar-refractivity contribution < 1.29 is 24.0 Å². The van der Waals surface area contributed by atoms with E-state index in [9.17, 15) is 19.7 Å². The molecule has 0 amide bonds. The predicted octanol–water partition coefficient (Wildman–Crippen LogP) is 5.25. The van der Waals surface area contributed by atoms with E-state index in [2.05, 4.69) is 4.99 Å². The normalized spacial score (nSPS) is 18.7. The van der Waals surface area contributed by atoms with E-state index in [4.69, 9.17) is 9.47 Å². The third-order valence-electron chi connectivity index (χ3n) is 5.91. The van der Waals surface area contributed by atoms with Crippen LogP contribution in [0.1, 0.15) is 44.2 Å². The summed E-state index contributed by atoms with van der Waals surface area (Å²) in [5, 5.41) is 11.4. The summed E-state index contributed by atoms with van der Waals surface area (Å²) in [6, 6.07) is 15.5. The molecule has 2 aromatic rings. The first kappa shape index (κ1) is 25.6. The summed E-state index contributed by atoms with van der Waals surface area (Å²) in [4.78, 5) is 41.6. The fraction of sp³-hybridized carbons (Fsp3) is 0.296. The van der Waals surface area contributed by atoms with Crippen molar-refractivity contribution in [2.24, 2.45) is 10.9 Å². The number of aliphatic imine (C=N–C) groups is 1. The summed E-state index contributed by atoms with van der Waals surface area (Å²) in [6.45, 7) is 5.24. The molecule has 0 saturated heterocycles. The molecule has 8 nitrogen and oxygen atoms in total. The summed E-state index contributed by atoms with van der Waals surface area (Å²) in [5.74, 6) is -2.98. The molecular weight excluding hydrogens is 448 g/mol. The van der Waals surface area contributed by atoms with Gasteiger partial charge in [0.05, 0.1) is 17.6 Å². The van der Waals surface area contributed by atoms with Crippen LogP contribution in [0, 0.1) is 16.0 Å². The zero-order valence-electron chi connectivity index (χ0n) is 20.1. The van der Waals surface area contributed by atoms with Crippen molar-refractivity contribution in [3.8, 4) is 0 Å². The fourth-order valence-corrected chi connectivity index (χ4v) is 4.17. The highest BCUT2D eigenvalue weighted by Gasteiger charge is 2.42. The number of esters is 2. The maximum absolute atomic E-state index is 13.5. The van der Waals surface area contributed by atoms with Gasteiger partial charge in [0.15, 0.2) is 0 Å². The first-order valence-corrected chi connectivity index (χ1v) is 11.3. The van der Waals surface area contributed by atoms with E-state index < -0.39 is 34.8 Å². The second kappa shape index (κ2) is 11.4. The molecule has 0 spiro atoms. The van der Waals surface area contributed by atoms with Gasteiger partial charge in [0.1, 0.15) is 12.0 Å². The average molecular weight is 477 g/mol. The van der Waals surface area contributed by atoms with E-state index in [1.165, 1.54) is 25.3 Å². The van der Waals surface area contributed by atoms with Gasteiger partial charge in [0, 0.05) is 29.5 Å². The minimum atomic E-state index is -0.923. The minimum absolute atomic E-state index is 0.145. The van der Waals surface area contributed by atoms with Gasteiger partial charge in [0.2, 0.25) is 0 Å². The van der Waals surface area contributed by atoms with Crippen LogP contribution in [0.2, 0.25) is 0 Å². The molecule has 0 radical (unpaired) electrons. The SMILES string of the molecule is CCC(C=Cc1ccccc1)OC(=O)C1=C(C)N=C(C)C(C(=O)OC)C1c1cccc([N+](=O)[O-])c1. The molecule has 0 bridgehead atoms. The number of hydrogen-bond donors (Lipinski definition) is 0. The lowest BCUT2D eigenvalue weighted by Crippen LogP contribution is -2.36. The van der Waals surface area contributed by atoms with Crippen molar-refractivity contribution in [2.75, 3.05) is 7.11 Å². The van der Waals surface area contributed by atoms with Crippen molar-refractivity contribution in [3.63, 3.8) is 0 Å². The van der Waals surface area contributed by atoms with E-state index in [0.717, 1.165) is 5.56 Å². The Morgan fingerprint density at radius 1 is 1.14 bits per heavy atom. The highest BCUT2D eigenvalue weighted by Crippen LogP contribution is 2.41. The highest BCUT2D eigenvalue weighted by atomic mass is 16.6. The Bertz CT molecular complexity index is 1200. The maximum atomic E-state index is 13.5. The fourth-order valence-electron chi connectivity index (χ4n) is 4.17. The molecule has 3 rings (SSSR count). The number of allylic oxidation sites excluding steroid dienone is 1. The zero-order valence-corrected chi connectivity index (χ0v) is 20.1. The first-order chi connectivity index (χ1) is 16.8. The number of ether oxygens (including phenoxy) is 2. The van der Waals surface area contributed by atoms with Crippen LogP contribution in [0.3, 0.4) is 0 Å². The molecule has 3 atom stereocenters. The smallest absolute Gasteiger partial charge is 0.337 e. The van der Waals surface area contributed by atoms with E-state index in [-0.39, 0.29) is 11.3 Å². The summed E-state index contributed by atoms with van der Waals surface area (Å²) in [5.41, 5.74) is 2.29. The highest BCUT2D eigenvalue weighted by molar-refractivity contribution is 6.07. The Morgan fingerprint density at radius 3 is 2.49 bits per heavy atom. The molecule has 182 valence electrons. The number of non-ortho nitro benzene ring substituents is 1. The monoisotopic (exact) mass is 476 g/mol. The van der Waals surface area contributed by atoms with Crippen LogP contribution in [0.15, 0.2) is 76.9 Å². The van der Waals surface area contributed by atoms with Crippen molar-refractivity contribution in [1.29, 1.82) is 0 Å². The predicted molar refractivity (Wildman–Crippen MR) is 133 cm³/mol. The number of carbonyl (C=O) groups excluding carboxylic acids is 2. The lowest BCUT2D eigenvalue weighted by atomic mass is 9.75. The Kier molecular flexibility index (Phi) is 8.30. The van der Waals surface area contributed by atoms with Crippen LogP contribution in [-0.4, -0.2) is 35.8 Å². The van der Waals surface area contributed by atoms with Gasteiger partial charge in [-0.3, -0.25) is 19.9 Å². The molecule has 0 aromatic heterocycles. The molecule has 0 N–H and O–H groups in total. The number of nitro benzene ring substituents is 1. The van der Waals surface area contributed by atoms with Crippen LogP contribution in [0.25, 0.3) is 6.08 Å². The van der Waals surface area contributed by atoms with Crippen LogP contribution < -0.4 is 0 Å². The topological polar surface area (TPSA) is 108 Å². The Hall–Kier alpha value is -4.07. The molecule has 1 aliphatic heterocycles. The standard InChI is InChI=1S/C27H28N2O6/c1-5-22(15-14-19-10-7-6-8-11-19)35-27(31)24-18(3)28-17(2)23(26(30)34-4)25(24)20-12-9-13-21(16-20)29(32)33/h6-16,22-23,25H,5H2,1-4H3. The number of methoxy groups -OCH3 is 1. The third kappa shape index (κ3) is 5.90. The molecular formula is C27H28N2O6. The van der Waals surface area contributed by atoms with Crippen LogP contribution in [-0.2, 0) is 19.1 Å². The van der Waals surface area contributed by atoms with Crippen LogP contribution in [0.5, 0.6) is 0 Å². The Morgan fingerprint density at radius 2 is 1.86 bits per heavy atom. The largest absolute Gasteiger partial charge is 0.468 e. The lowest BCUT2D eigenvalue weighted by molar-refractivity contribution is -0.384. The van der Waals surface area contributed by atoms with Gasteiger partial charge in [0.25, 0.3) is 5.69 Å². The van der Waals surface area contributed by atoms with Crippen molar-refractivity contribution in [1.82, 2.24) is 0 Å². The van der Waals surface area contributed by atoms with Gasteiger partial charge in [-0.25, -0.2) is 4.79 Å². The number of nitro groups is 1. The zero-order chi connectivity index (χ0) is 25.5. The van der Waals surface area contributed by atoms with E-state index in [1.54, 1.807) is 26.0 Å². The molecule has 0 saturated carbocycles. The van der Waals surface area contributed by atoms with Crippen molar-refractivity contribution >= 4 is 29.4 Å². The molecule has 0 fully saturated rings. The minimum Gasteiger partial charge on any atom is -0.468 e. The van der Waals surface area contributed by atoms with Crippen molar-refractivity contribution in [2.45, 2.75) is 39.2 Å². The summed E-state index contributed by atoms with van der Waals surface area (Å²) in [7, 11) is 1.25. The number of benzene rings is 2. The van der Waals surface area contributed by atoms with Gasteiger partial charge in [-0.15, -0.1) is 0 Å². The second-order valence-corrected chi connectivity index (χ2v) is 8.20. The Balaban J connectivity index is 2.01. The van der Waals surface area contributed by atoms with Crippen molar-refractivity contribution in [3.05, 3.63) is 93.2 Å². The molecule has 2 aromatic carbocycles. The quantitative estimate of drug-likeness (QED) is 0.292. The van der Waals surface area contributed by atoms with Gasteiger partial charge in [-0.1, -0.05) is 55.5 Å². The second-order valence-electron chi connectivity index (χ2n) is 8.20. The van der Waals surface area contributed by atoms with Gasteiger partial charge < -0.3 is 9.47 Å². The van der Waals surface area contributed by atoms with Gasteiger partial charge >= 0.3 is 11.9 Å². The number of nitrogens with zero attached hydrogens (tertiary/aromatic N) is 2. The molecule has 1 aliphatic rings. The molecule has 35 heavy (non-hydrogen) atoms. The number of hydrogen-bond acceptors (Lipinski definition) is 7. The van der Waals surface area contributed by atoms with Gasteiger partial charge in [-0.05, 0) is 37.5 Å². The number of rotatable bonds is 8. The Labute approximate surface area is 204 Å². The van der Waals surface area contributed by atoms with Crippen LogP contribution in [0.4, 0.5) is 5.69 Å². The third-order valence-corrected chi connectivity index (χ3v) is 5.91. The number of carbonyl (C=O) groups is 2. The van der Waals surface area contributed by atoms with E-state index in [0.29, 0.717) is 23.4 Å². The molecule has 3 unspecified atom stereocenters. The van der Waals surface area contributed by atoms with Crippen LogP contribution >= 0.6 is 0 Å². The molecule has 8 heteroatoms. The van der Waals surface area contributed by atoms with Gasteiger partial charge in [-0.2, -0.15) is 0 Å². The summed E-state index contributed by atoms with van der Waals surface area (Å²) >= 11 is 0. The maximum Gasteiger partial charge on any atom is 0.337 e. The molecule has 0 aliphatic carbocycles.